The largest absolute Gasteiger partial charge is 0.355 e. The molecule has 3 rings (SSSR count). The fourth-order valence-electron chi connectivity index (χ4n) is 2.41. The second-order valence-corrected chi connectivity index (χ2v) is 6.60. The van der Waals surface area contributed by atoms with Crippen molar-refractivity contribution < 1.29 is 9.72 Å². The third kappa shape index (κ3) is 5.31. The van der Waals surface area contributed by atoms with Gasteiger partial charge in [-0.05, 0) is 23.8 Å². The van der Waals surface area contributed by atoms with Crippen molar-refractivity contribution in [2.45, 2.75) is 6.42 Å². The molecule has 2 aromatic carbocycles. The summed E-state index contributed by atoms with van der Waals surface area (Å²) in [5.41, 5.74) is 5.53. The Morgan fingerprint density at radius 3 is 2.52 bits per heavy atom. The fourth-order valence-corrected chi connectivity index (χ4v) is 2.75. The van der Waals surface area contributed by atoms with E-state index in [-0.39, 0.29) is 18.1 Å². The molecule has 0 saturated carbocycles. The first-order chi connectivity index (χ1) is 13.9. The van der Waals surface area contributed by atoms with Crippen molar-refractivity contribution >= 4 is 52.1 Å². The number of carbonyl (C=O) groups excluding carboxylic acids is 1. The lowest BCUT2D eigenvalue weighted by atomic mass is 10.1. The number of benzene rings is 2. The smallest absolute Gasteiger partial charge is 0.333 e. The highest BCUT2D eigenvalue weighted by molar-refractivity contribution is 6.35. The van der Waals surface area contributed by atoms with Crippen LogP contribution in [0.25, 0.3) is 0 Å². The Morgan fingerprint density at radius 1 is 1.07 bits per heavy atom. The van der Waals surface area contributed by atoms with Crippen LogP contribution in [0.4, 0.5) is 23.0 Å². The molecule has 9 nitrogen and oxygen atoms in total. The normalized spacial score (nSPS) is 10.3. The number of carbonyl (C=O) groups is 1. The van der Waals surface area contributed by atoms with Crippen LogP contribution in [0.15, 0.2) is 54.9 Å². The molecule has 0 radical (unpaired) electrons. The first kappa shape index (κ1) is 20.3. The molecule has 3 aromatic rings. The first-order valence-corrected chi connectivity index (χ1v) is 9.00. The van der Waals surface area contributed by atoms with Gasteiger partial charge in [-0.2, -0.15) is 0 Å². The van der Waals surface area contributed by atoms with Crippen molar-refractivity contribution in [3.8, 4) is 0 Å². The van der Waals surface area contributed by atoms with Crippen LogP contribution in [0.3, 0.4) is 0 Å². The minimum absolute atomic E-state index is 0.0932. The van der Waals surface area contributed by atoms with Crippen molar-refractivity contribution in [2.24, 2.45) is 0 Å². The van der Waals surface area contributed by atoms with E-state index in [1.54, 1.807) is 24.3 Å². The van der Waals surface area contributed by atoms with E-state index in [0.29, 0.717) is 15.7 Å². The van der Waals surface area contributed by atoms with Gasteiger partial charge in [0, 0.05) is 5.02 Å². The zero-order chi connectivity index (χ0) is 20.8. The molecule has 1 heterocycles. The summed E-state index contributed by atoms with van der Waals surface area (Å²) in [6.45, 7) is 0. The Labute approximate surface area is 175 Å². The molecule has 0 saturated heterocycles. The highest BCUT2D eigenvalue weighted by atomic mass is 35.5. The zero-order valence-electron chi connectivity index (χ0n) is 14.7. The standard InChI is InChI=1S/C18H14Cl2N6O3/c19-12-6-7-13(20)14(9-12)23-17-16(26(28)29)18(22-10-21-17)25-24-15(27)8-11-4-2-1-3-5-11/h1-7,9-10H,8H2,(H,24,27)(H2,21,22,23,25). The van der Waals surface area contributed by atoms with Crippen LogP contribution in [0.1, 0.15) is 5.56 Å². The number of nitro groups is 1. The Hall–Kier alpha value is -3.43. The van der Waals surface area contributed by atoms with Crippen LogP contribution in [0.2, 0.25) is 10.0 Å². The zero-order valence-corrected chi connectivity index (χ0v) is 16.2. The molecule has 0 atom stereocenters. The minimum atomic E-state index is -0.674. The molecule has 11 heteroatoms. The first-order valence-electron chi connectivity index (χ1n) is 8.24. The van der Waals surface area contributed by atoms with Crippen LogP contribution in [0, 0.1) is 10.1 Å². The van der Waals surface area contributed by atoms with Gasteiger partial charge in [0.1, 0.15) is 6.33 Å². The lowest BCUT2D eigenvalue weighted by Crippen LogP contribution is -2.31. The van der Waals surface area contributed by atoms with Gasteiger partial charge in [0.25, 0.3) is 0 Å². The highest BCUT2D eigenvalue weighted by Gasteiger charge is 2.24. The van der Waals surface area contributed by atoms with Crippen LogP contribution >= 0.6 is 23.2 Å². The molecule has 1 aromatic heterocycles. The Kier molecular flexibility index (Phi) is 6.43. The van der Waals surface area contributed by atoms with Crippen molar-refractivity contribution in [2.75, 3.05) is 10.7 Å². The van der Waals surface area contributed by atoms with Gasteiger partial charge < -0.3 is 5.32 Å². The molecule has 0 bridgehead atoms. The number of hydrazine groups is 1. The average Bonchev–Trinajstić information content (AvgIpc) is 2.70. The van der Waals surface area contributed by atoms with Gasteiger partial charge in [0.05, 0.1) is 22.1 Å². The van der Waals surface area contributed by atoms with Crippen LogP contribution in [0.5, 0.6) is 0 Å². The van der Waals surface area contributed by atoms with Crippen LogP contribution in [-0.2, 0) is 11.2 Å². The molecule has 3 N–H and O–H groups in total. The number of rotatable bonds is 7. The van der Waals surface area contributed by atoms with Crippen molar-refractivity contribution in [3.63, 3.8) is 0 Å². The number of anilines is 3. The summed E-state index contributed by atoms with van der Waals surface area (Å²) in [6, 6.07) is 13.7. The number of amides is 1. The molecular weight excluding hydrogens is 419 g/mol. The minimum Gasteiger partial charge on any atom is -0.333 e. The quantitative estimate of drug-likeness (QED) is 0.378. The van der Waals surface area contributed by atoms with Gasteiger partial charge in [-0.25, -0.2) is 9.97 Å². The van der Waals surface area contributed by atoms with E-state index < -0.39 is 16.5 Å². The lowest BCUT2D eigenvalue weighted by molar-refractivity contribution is -0.383. The van der Waals surface area contributed by atoms with E-state index in [9.17, 15) is 14.9 Å². The van der Waals surface area contributed by atoms with E-state index in [1.807, 2.05) is 18.2 Å². The fraction of sp³-hybridized carbons (Fsp3) is 0.0556. The van der Waals surface area contributed by atoms with Crippen molar-refractivity contribution in [1.82, 2.24) is 15.4 Å². The second kappa shape index (κ2) is 9.18. The number of hydrogen-bond acceptors (Lipinski definition) is 7. The lowest BCUT2D eigenvalue weighted by Gasteiger charge is -2.12. The number of halogens is 2. The van der Waals surface area contributed by atoms with Crippen LogP contribution < -0.4 is 16.2 Å². The molecule has 148 valence electrons. The molecule has 0 unspecified atom stereocenters. The molecule has 0 aliphatic carbocycles. The Bertz CT molecular complexity index is 1050. The van der Waals surface area contributed by atoms with E-state index in [0.717, 1.165) is 11.9 Å². The van der Waals surface area contributed by atoms with E-state index in [4.69, 9.17) is 23.2 Å². The van der Waals surface area contributed by atoms with Gasteiger partial charge in [-0.1, -0.05) is 53.5 Å². The summed E-state index contributed by atoms with van der Waals surface area (Å²) in [7, 11) is 0. The van der Waals surface area contributed by atoms with Crippen molar-refractivity contribution in [3.05, 3.63) is 80.6 Å². The van der Waals surface area contributed by atoms with Crippen molar-refractivity contribution in [1.29, 1.82) is 0 Å². The summed E-state index contributed by atoms with van der Waals surface area (Å²) in [4.78, 5) is 30.8. The van der Waals surface area contributed by atoms with E-state index >= 15 is 0 Å². The Morgan fingerprint density at radius 2 is 1.79 bits per heavy atom. The SMILES string of the molecule is O=C(Cc1ccccc1)NNc1ncnc(Nc2cc(Cl)ccc2Cl)c1[N+](=O)[O-]. The van der Waals surface area contributed by atoms with Gasteiger partial charge in [0.15, 0.2) is 0 Å². The van der Waals surface area contributed by atoms with Gasteiger partial charge in [-0.15, -0.1) is 0 Å². The number of hydrogen-bond donors (Lipinski definition) is 3. The highest BCUT2D eigenvalue weighted by Crippen LogP contribution is 2.34. The predicted octanol–water partition coefficient (Wildman–Crippen LogP) is 4.12. The number of aromatic nitrogens is 2. The third-order valence-corrected chi connectivity index (χ3v) is 4.28. The van der Waals surface area contributed by atoms with E-state index in [2.05, 4.69) is 26.1 Å². The maximum Gasteiger partial charge on any atom is 0.355 e. The predicted molar refractivity (Wildman–Crippen MR) is 110 cm³/mol. The molecule has 0 aliphatic heterocycles. The topological polar surface area (TPSA) is 122 Å². The summed E-state index contributed by atoms with van der Waals surface area (Å²) >= 11 is 12.0. The summed E-state index contributed by atoms with van der Waals surface area (Å²) in [5, 5.41) is 15.1. The number of nitrogens with zero attached hydrogens (tertiary/aromatic N) is 3. The maximum absolute atomic E-state index is 12.1. The summed E-state index contributed by atoms with van der Waals surface area (Å²) < 4.78 is 0. The maximum atomic E-state index is 12.1. The van der Waals surface area contributed by atoms with E-state index in [1.165, 1.54) is 6.07 Å². The summed E-state index contributed by atoms with van der Waals surface area (Å²) in [5.74, 6) is -0.697. The number of nitrogens with one attached hydrogen (secondary N) is 3. The molecular formula is C18H14Cl2N6O3. The molecule has 0 aliphatic rings. The van der Waals surface area contributed by atoms with Gasteiger partial charge in [-0.3, -0.25) is 25.8 Å². The molecule has 0 fully saturated rings. The summed E-state index contributed by atoms with van der Waals surface area (Å²) in [6.07, 6.45) is 1.20. The Balaban J connectivity index is 1.79. The van der Waals surface area contributed by atoms with Gasteiger partial charge >= 0.3 is 5.69 Å². The van der Waals surface area contributed by atoms with Gasteiger partial charge in [0.2, 0.25) is 17.5 Å². The molecule has 29 heavy (non-hydrogen) atoms. The molecule has 0 spiro atoms. The van der Waals surface area contributed by atoms with Crippen LogP contribution in [-0.4, -0.2) is 20.8 Å². The average molecular weight is 433 g/mol. The molecule has 1 amide bonds. The second-order valence-electron chi connectivity index (χ2n) is 5.76. The monoisotopic (exact) mass is 432 g/mol. The third-order valence-electron chi connectivity index (χ3n) is 3.71.